The molecule has 3 heterocycles. The maximum Gasteiger partial charge on any atom is 0.145 e. The van der Waals surface area contributed by atoms with Crippen molar-refractivity contribution in [1.82, 2.24) is 20.2 Å². The Hall–Kier alpha value is -1.43. The van der Waals surface area contributed by atoms with Crippen LogP contribution in [0.15, 0.2) is 24.3 Å². The van der Waals surface area contributed by atoms with Gasteiger partial charge in [-0.3, -0.25) is 4.90 Å². The number of nitrogens with one attached hydrogen (secondary N) is 1. The van der Waals surface area contributed by atoms with Crippen LogP contribution in [-0.2, 0) is 6.54 Å². The van der Waals surface area contributed by atoms with Crippen molar-refractivity contribution in [3.05, 3.63) is 30.1 Å². The SMILES string of the molecule is Cl.Nc1nc(CN2CCC3CNCC3C2)nc2ccccc12. The van der Waals surface area contributed by atoms with E-state index in [0.29, 0.717) is 5.82 Å². The third-order valence-corrected chi connectivity index (χ3v) is 4.83. The molecule has 2 fully saturated rings. The summed E-state index contributed by atoms with van der Waals surface area (Å²) in [5.41, 5.74) is 7.01. The van der Waals surface area contributed by atoms with E-state index in [4.69, 9.17) is 5.73 Å². The fourth-order valence-electron chi connectivity index (χ4n) is 3.68. The molecular formula is C16H22ClN5. The number of hydrogen-bond acceptors (Lipinski definition) is 5. The number of fused-ring (bicyclic) bond motifs is 2. The number of nitrogen functional groups attached to an aromatic ring is 1. The summed E-state index contributed by atoms with van der Waals surface area (Å²) in [6.45, 7) is 5.44. The molecule has 3 N–H and O–H groups in total. The van der Waals surface area contributed by atoms with Crippen LogP contribution < -0.4 is 11.1 Å². The van der Waals surface area contributed by atoms with Crippen molar-refractivity contribution in [2.45, 2.75) is 13.0 Å². The van der Waals surface area contributed by atoms with Gasteiger partial charge in [0.05, 0.1) is 12.1 Å². The van der Waals surface area contributed by atoms with Crippen LogP contribution in [0.3, 0.4) is 0 Å². The highest BCUT2D eigenvalue weighted by Crippen LogP contribution is 2.27. The Kier molecular flexibility index (Phi) is 4.47. The second-order valence-electron chi connectivity index (χ2n) is 6.24. The lowest BCUT2D eigenvalue weighted by Gasteiger charge is -2.33. The minimum Gasteiger partial charge on any atom is -0.383 e. The van der Waals surface area contributed by atoms with E-state index in [1.165, 1.54) is 13.0 Å². The Morgan fingerprint density at radius 1 is 1.18 bits per heavy atom. The zero-order chi connectivity index (χ0) is 14.2. The third-order valence-electron chi connectivity index (χ3n) is 4.83. The fourth-order valence-corrected chi connectivity index (χ4v) is 3.68. The van der Waals surface area contributed by atoms with E-state index in [-0.39, 0.29) is 12.4 Å². The van der Waals surface area contributed by atoms with Crippen LogP contribution >= 0.6 is 12.4 Å². The number of para-hydroxylation sites is 1. The molecule has 0 radical (unpaired) electrons. The number of rotatable bonds is 2. The van der Waals surface area contributed by atoms with Crippen LogP contribution in [0.1, 0.15) is 12.2 Å². The Balaban J connectivity index is 0.00000144. The maximum atomic E-state index is 6.07. The first-order valence-corrected chi connectivity index (χ1v) is 7.74. The third kappa shape index (κ3) is 2.89. The molecule has 0 amide bonds. The zero-order valence-electron chi connectivity index (χ0n) is 12.5. The minimum absolute atomic E-state index is 0. The van der Waals surface area contributed by atoms with Gasteiger partial charge in [-0.25, -0.2) is 9.97 Å². The van der Waals surface area contributed by atoms with Gasteiger partial charge in [-0.05, 0) is 50.0 Å². The first-order chi connectivity index (χ1) is 10.3. The number of benzene rings is 1. The first-order valence-electron chi connectivity index (χ1n) is 7.74. The van der Waals surface area contributed by atoms with Crippen LogP contribution in [-0.4, -0.2) is 41.0 Å². The molecule has 2 atom stereocenters. The lowest BCUT2D eigenvalue weighted by atomic mass is 9.89. The standard InChI is InChI=1S/C16H21N5.ClH/c17-16-13-3-1-2-4-14(13)19-15(20-16)10-21-6-5-11-7-18-8-12(11)9-21;/h1-4,11-12,18H,5-10H2,(H2,17,19,20);1H. The van der Waals surface area contributed by atoms with Gasteiger partial charge in [0.15, 0.2) is 0 Å². The summed E-state index contributed by atoms with van der Waals surface area (Å²) in [7, 11) is 0. The van der Waals surface area contributed by atoms with Crippen molar-refractivity contribution in [3.8, 4) is 0 Å². The van der Waals surface area contributed by atoms with E-state index in [0.717, 1.165) is 54.7 Å². The summed E-state index contributed by atoms with van der Waals surface area (Å²) in [6.07, 6.45) is 1.28. The number of likely N-dealkylation sites (tertiary alicyclic amines) is 1. The number of anilines is 1. The molecule has 5 nitrogen and oxygen atoms in total. The van der Waals surface area contributed by atoms with Gasteiger partial charge in [0.2, 0.25) is 0 Å². The summed E-state index contributed by atoms with van der Waals surface area (Å²) in [4.78, 5) is 11.6. The van der Waals surface area contributed by atoms with Crippen LogP contribution in [0.5, 0.6) is 0 Å². The molecule has 1 aromatic carbocycles. The molecular weight excluding hydrogens is 298 g/mol. The van der Waals surface area contributed by atoms with Gasteiger partial charge in [-0.2, -0.15) is 0 Å². The van der Waals surface area contributed by atoms with E-state index in [9.17, 15) is 0 Å². The summed E-state index contributed by atoms with van der Waals surface area (Å²) >= 11 is 0. The molecule has 2 aliphatic rings. The Morgan fingerprint density at radius 2 is 2.00 bits per heavy atom. The van der Waals surface area contributed by atoms with Crippen molar-refractivity contribution < 1.29 is 0 Å². The molecule has 1 aromatic heterocycles. The predicted octanol–water partition coefficient (Wildman–Crippen LogP) is 1.68. The predicted molar refractivity (Wildman–Crippen MR) is 90.9 cm³/mol. The van der Waals surface area contributed by atoms with E-state index >= 15 is 0 Å². The molecule has 2 aliphatic heterocycles. The molecule has 4 rings (SSSR count). The number of piperidine rings is 1. The highest BCUT2D eigenvalue weighted by Gasteiger charge is 2.32. The van der Waals surface area contributed by atoms with Gasteiger partial charge in [0.25, 0.3) is 0 Å². The highest BCUT2D eigenvalue weighted by molar-refractivity contribution is 5.87. The quantitative estimate of drug-likeness (QED) is 0.881. The summed E-state index contributed by atoms with van der Waals surface area (Å²) in [6, 6.07) is 7.95. The molecule has 0 saturated carbocycles. The lowest BCUT2D eigenvalue weighted by molar-refractivity contribution is 0.139. The average Bonchev–Trinajstić information content (AvgIpc) is 2.95. The molecule has 0 aliphatic carbocycles. The van der Waals surface area contributed by atoms with Gasteiger partial charge in [0, 0.05) is 11.9 Å². The number of nitrogens with two attached hydrogens (primary N) is 1. The van der Waals surface area contributed by atoms with Crippen LogP contribution in [0.2, 0.25) is 0 Å². The number of halogens is 1. The number of aromatic nitrogens is 2. The van der Waals surface area contributed by atoms with Gasteiger partial charge >= 0.3 is 0 Å². The molecule has 0 bridgehead atoms. The molecule has 2 aromatic rings. The second kappa shape index (κ2) is 6.36. The monoisotopic (exact) mass is 319 g/mol. The highest BCUT2D eigenvalue weighted by atomic mass is 35.5. The van der Waals surface area contributed by atoms with Crippen molar-refractivity contribution in [3.63, 3.8) is 0 Å². The minimum atomic E-state index is 0. The second-order valence-corrected chi connectivity index (χ2v) is 6.24. The molecule has 2 saturated heterocycles. The van der Waals surface area contributed by atoms with Gasteiger partial charge in [-0.15, -0.1) is 12.4 Å². The summed E-state index contributed by atoms with van der Waals surface area (Å²) in [5, 5.41) is 4.45. The van der Waals surface area contributed by atoms with Gasteiger partial charge in [0.1, 0.15) is 11.6 Å². The van der Waals surface area contributed by atoms with Crippen LogP contribution in [0.25, 0.3) is 10.9 Å². The molecule has 118 valence electrons. The van der Waals surface area contributed by atoms with Gasteiger partial charge in [-0.1, -0.05) is 12.1 Å². The Labute approximate surface area is 136 Å². The lowest BCUT2D eigenvalue weighted by Crippen LogP contribution is -2.39. The first kappa shape index (κ1) is 15.5. The van der Waals surface area contributed by atoms with E-state index in [2.05, 4.69) is 20.2 Å². The topological polar surface area (TPSA) is 67.1 Å². The van der Waals surface area contributed by atoms with Crippen molar-refractivity contribution in [1.29, 1.82) is 0 Å². The van der Waals surface area contributed by atoms with Crippen LogP contribution in [0, 0.1) is 11.8 Å². The molecule has 6 heteroatoms. The largest absolute Gasteiger partial charge is 0.383 e. The molecule has 22 heavy (non-hydrogen) atoms. The molecule has 2 unspecified atom stereocenters. The van der Waals surface area contributed by atoms with E-state index in [1.807, 2.05) is 24.3 Å². The summed E-state index contributed by atoms with van der Waals surface area (Å²) in [5.74, 6) is 3.09. The number of hydrogen-bond donors (Lipinski definition) is 2. The van der Waals surface area contributed by atoms with Gasteiger partial charge < -0.3 is 11.1 Å². The smallest absolute Gasteiger partial charge is 0.145 e. The van der Waals surface area contributed by atoms with Crippen LogP contribution in [0.4, 0.5) is 5.82 Å². The molecule has 0 spiro atoms. The Morgan fingerprint density at radius 3 is 2.91 bits per heavy atom. The van der Waals surface area contributed by atoms with E-state index in [1.54, 1.807) is 0 Å². The van der Waals surface area contributed by atoms with Crippen molar-refractivity contribution >= 4 is 29.1 Å². The maximum absolute atomic E-state index is 6.07. The Bertz CT molecular complexity index is 662. The van der Waals surface area contributed by atoms with E-state index < -0.39 is 0 Å². The van der Waals surface area contributed by atoms with Crippen molar-refractivity contribution in [2.75, 3.05) is 31.9 Å². The average molecular weight is 320 g/mol. The fraction of sp³-hybridized carbons (Fsp3) is 0.500. The number of nitrogens with zero attached hydrogens (tertiary/aromatic N) is 3. The van der Waals surface area contributed by atoms with Crippen molar-refractivity contribution in [2.24, 2.45) is 11.8 Å². The zero-order valence-corrected chi connectivity index (χ0v) is 13.4. The summed E-state index contributed by atoms with van der Waals surface area (Å²) < 4.78 is 0. The normalized spacial score (nSPS) is 24.9.